The van der Waals surface area contributed by atoms with Crippen LogP contribution in [0.3, 0.4) is 0 Å². The van der Waals surface area contributed by atoms with Crippen molar-refractivity contribution in [2.24, 2.45) is 0 Å². The number of fused-ring (bicyclic) bond motifs is 1. The van der Waals surface area contributed by atoms with E-state index in [1.807, 2.05) is 49.5 Å². The van der Waals surface area contributed by atoms with Gasteiger partial charge in [0.2, 0.25) is 0 Å². The predicted octanol–water partition coefficient (Wildman–Crippen LogP) is 2.84. The Kier molecular flexibility index (Phi) is 4.58. The number of carbonyl (C=O) groups is 1. The van der Waals surface area contributed by atoms with Crippen LogP contribution in [-0.4, -0.2) is 41.2 Å². The highest BCUT2D eigenvalue weighted by Crippen LogP contribution is 2.19. The van der Waals surface area contributed by atoms with Crippen LogP contribution < -0.4 is 10.1 Å². The SMILES string of the molecule is Cc1ccc(O[C@H]2COCC[C@H]2NC(=O)c2ccc3cc[nH]c3c2)cn1. The van der Waals surface area contributed by atoms with E-state index >= 15 is 0 Å². The van der Waals surface area contributed by atoms with E-state index in [0.29, 0.717) is 30.9 Å². The van der Waals surface area contributed by atoms with Gasteiger partial charge in [-0.1, -0.05) is 6.07 Å². The lowest BCUT2D eigenvalue weighted by molar-refractivity contribution is -0.0136. The van der Waals surface area contributed by atoms with Crippen molar-refractivity contribution in [2.75, 3.05) is 13.2 Å². The van der Waals surface area contributed by atoms with Gasteiger partial charge in [-0.15, -0.1) is 0 Å². The van der Waals surface area contributed by atoms with E-state index in [2.05, 4.69) is 15.3 Å². The standard InChI is InChI=1S/C20H21N3O3/c1-13-2-5-16(11-22-13)26-19-12-25-9-7-17(19)23-20(24)15-4-3-14-6-8-21-18(14)10-15/h2-6,8,10-11,17,19,21H,7,9,12H2,1H3,(H,23,24)/t17-,19+/m1/s1. The summed E-state index contributed by atoms with van der Waals surface area (Å²) in [4.78, 5) is 20.1. The van der Waals surface area contributed by atoms with Crippen LogP contribution in [0.2, 0.25) is 0 Å². The molecule has 0 saturated carbocycles. The molecule has 1 fully saturated rings. The summed E-state index contributed by atoms with van der Waals surface area (Å²) < 4.78 is 11.6. The van der Waals surface area contributed by atoms with Gasteiger partial charge in [-0.3, -0.25) is 9.78 Å². The molecule has 2 atom stereocenters. The molecule has 134 valence electrons. The van der Waals surface area contributed by atoms with Crippen LogP contribution in [0.1, 0.15) is 22.5 Å². The van der Waals surface area contributed by atoms with E-state index in [9.17, 15) is 4.79 Å². The fourth-order valence-corrected chi connectivity index (χ4v) is 3.13. The Labute approximate surface area is 151 Å². The molecule has 1 aromatic carbocycles. The highest BCUT2D eigenvalue weighted by molar-refractivity contribution is 5.98. The van der Waals surface area contributed by atoms with Crippen LogP contribution in [-0.2, 0) is 4.74 Å². The third kappa shape index (κ3) is 3.55. The van der Waals surface area contributed by atoms with E-state index in [-0.39, 0.29) is 18.1 Å². The van der Waals surface area contributed by atoms with Crippen LogP contribution in [0, 0.1) is 6.92 Å². The molecule has 26 heavy (non-hydrogen) atoms. The van der Waals surface area contributed by atoms with Crippen molar-refractivity contribution in [3.63, 3.8) is 0 Å². The van der Waals surface area contributed by atoms with Gasteiger partial charge in [-0.2, -0.15) is 0 Å². The maximum absolute atomic E-state index is 12.7. The lowest BCUT2D eigenvalue weighted by atomic mass is 10.0. The largest absolute Gasteiger partial charge is 0.484 e. The molecular weight excluding hydrogens is 330 g/mol. The zero-order valence-electron chi connectivity index (χ0n) is 14.6. The number of aryl methyl sites for hydroxylation is 1. The molecule has 3 aromatic rings. The summed E-state index contributed by atoms with van der Waals surface area (Å²) in [6, 6.07) is 11.3. The second-order valence-electron chi connectivity index (χ2n) is 6.51. The molecule has 2 N–H and O–H groups in total. The smallest absolute Gasteiger partial charge is 0.251 e. The summed E-state index contributed by atoms with van der Waals surface area (Å²) in [6.45, 7) is 2.97. The molecule has 2 aromatic heterocycles. The van der Waals surface area contributed by atoms with E-state index in [0.717, 1.165) is 16.6 Å². The molecule has 0 bridgehead atoms. The van der Waals surface area contributed by atoms with Crippen LogP contribution in [0.25, 0.3) is 10.9 Å². The van der Waals surface area contributed by atoms with Crippen molar-refractivity contribution in [2.45, 2.75) is 25.5 Å². The quantitative estimate of drug-likeness (QED) is 0.758. The number of nitrogens with one attached hydrogen (secondary N) is 2. The first-order valence-electron chi connectivity index (χ1n) is 8.74. The van der Waals surface area contributed by atoms with Gasteiger partial charge in [0, 0.05) is 29.6 Å². The van der Waals surface area contributed by atoms with Crippen LogP contribution in [0.15, 0.2) is 48.8 Å². The molecule has 6 nitrogen and oxygen atoms in total. The highest BCUT2D eigenvalue weighted by atomic mass is 16.5. The second-order valence-corrected chi connectivity index (χ2v) is 6.51. The average molecular weight is 351 g/mol. The predicted molar refractivity (Wildman–Crippen MR) is 98.4 cm³/mol. The van der Waals surface area contributed by atoms with E-state index < -0.39 is 0 Å². The van der Waals surface area contributed by atoms with Gasteiger partial charge >= 0.3 is 0 Å². The number of rotatable bonds is 4. The number of aromatic amines is 1. The van der Waals surface area contributed by atoms with Crippen LogP contribution in [0.5, 0.6) is 5.75 Å². The lowest BCUT2D eigenvalue weighted by Gasteiger charge is -2.32. The van der Waals surface area contributed by atoms with Crippen molar-refractivity contribution >= 4 is 16.8 Å². The van der Waals surface area contributed by atoms with Crippen molar-refractivity contribution in [1.29, 1.82) is 0 Å². The molecule has 1 aliphatic heterocycles. The molecule has 1 aliphatic rings. The molecule has 1 saturated heterocycles. The molecule has 6 heteroatoms. The normalized spacial score (nSPS) is 20.0. The van der Waals surface area contributed by atoms with Gasteiger partial charge in [0.1, 0.15) is 11.9 Å². The Morgan fingerprint density at radius 3 is 3.08 bits per heavy atom. The first-order chi connectivity index (χ1) is 12.7. The van der Waals surface area contributed by atoms with Gasteiger partial charge in [0.05, 0.1) is 18.8 Å². The van der Waals surface area contributed by atoms with Crippen molar-refractivity contribution < 1.29 is 14.3 Å². The summed E-state index contributed by atoms with van der Waals surface area (Å²) in [6.07, 6.45) is 4.03. The molecule has 1 amide bonds. The summed E-state index contributed by atoms with van der Waals surface area (Å²) >= 11 is 0. The molecule has 3 heterocycles. The van der Waals surface area contributed by atoms with Crippen molar-refractivity contribution in [1.82, 2.24) is 15.3 Å². The van der Waals surface area contributed by atoms with Gasteiger partial charge in [-0.25, -0.2) is 0 Å². The van der Waals surface area contributed by atoms with Gasteiger partial charge in [0.25, 0.3) is 5.91 Å². The summed E-state index contributed by atoms with van der Waals surface area (Å²) in [5.41, 5.74) is 2.51. The number of amides is 1. The first-order valence-corrected chi connectivity index (χ1v) is 8.74. The Bertz CT molecular complexity index is 904. The highest BCUT2D eigenvalue weighted by Gasteiger charge is 2.29. The van der Waals surface area contributed by atoms with Gasteiger partial charge in [0.15, 0.2) is 0 Å². The summed E-state index contributed by atoms with van der Waals surface area (Å²) in [5.74, 6) is 0.571. The minimum atomic E-state index is -0.244. The molecule has 4 rings (SSSR count). The third-order valence-corrected chi connectivity index (χ3v) is 4.61. The Hall–Kier alpha value is -2.86. The third-order valence-electron chi connectivity index (χ3n) is 4.61. The molecule has 0 radical (unpaired) electrons. The number of aromatic nitrogens is 2. The van der Waals surface area contributed by atoms with Gasteiger partial charge < -0.3 is 19.8 Å². The molecular formula is C20H21N3O3. The van der Waals surface area contributed by atoms with Crippen molar-refractivity contribution in [3.8, 4) is 5.75 Å². The number of ether oxygens (including phenoxy) is 2. The Balaban J connectivity index is 1.47. The second kappa shape index (κ2) is 7.17. The van der Waals surface area contributed by atoms with Crippen molar-refractivity contribution in [3.05, 3.63) is 60.0 Å². The zero-order chi connectivity index (χ0) is 17.9. The zero-order valence-corrected chi connectivity index (χ0v) is 14.6. The summed E-state index contributed by atoms with van der Waals surface area (Å²) in [5, 5.41) is 4.18. The van der Waals surface area contributed by atoms with Gasteiger partial charge in [-0.05, 0) is 49.1 Å². The fraction of sp³-hybridized carbons (Fsp3) is 0.300. The topological polar surface area (TPSA) is 76.2 Å². The minimum absolute atomic E-state index is 0.107. The maximum atomic E-state index is 12.7. The first kappa shape index (κ1) is 16.6. The number of carbonyl (C=O) groups excluding carboxylic acids is 1. The Morgan fingerprint density at radius 1 is 1.31 bits per heavy atom. The average Bonchev–Trinajstić information content (AvgIpc) is 3.13. The number of H-pyrrole nitrogens is 1. The molecule has 0 spiro atoms. The maximum Gasteiger partial charge on any atom is 0.251 e. The minimum Gasteiger partial charge on any atom is -0.484 e. The van der Waals surface area contributed by atoms with Crippen LogP contribution in [0.4, 0.5) is 0 Å². The monoisotopic (exact) mass is 351 g/mol. The van der Waals surface area contributed by atoms with E-state index in [4.69, 9.17) is 9.47 Å². The Morgan fingerprint density at radius 2 is 2.23 bits per heavy atom. The van der Waals surface area contributed by atoms with E-state index in [1.165, 1.54) is 0 Å². The number of hydrogen-bond acceptors (Lipinski definition) is 4. The number of nitrogens with zero attached hydrogens (tertiary/aromatic N) is 1. The number of pyridine rings is 1. The lowest BCUT2D eigenvalue weighted by Crippen LogP contribution is -2.51. The fourth-order valence-electron chi connectivity index (χ4n) is 3.13. The number of hydrogen-bond donors (Lipinski definition) is 2. The molecule has 0 aliphatic carbocycles. The summed E-state index contributed by atoms with van der Waals surface area (Å²) in [7, 11) is 0. The molecule has 0 unspecified atom stereocenters. The van der Waals surface area contributed by atoms with Crippen LogP contribution >= 0.6 is 0 Å². The number of benzene rings is 1. The van der Waals surface area contributed by atoms with E-state index in [1.54, 1.807) is 6.20 Å².